The summed E-state index contributed by atoms with van der Waals surface area (Å²) < 4.78 is 1.14. The molecule has 0 saturated heterocycles. The zero-order valence-electron chi connectivity index (χ0n) is 10.7. The van der Waals surface area contributed by atoms with Crippen molar-refractivity contribution in [3.05, 3.63) is 20.8 Å². The van der Waals surface area contributed by atoms with Crippen molar-refractivity contribution < 1.29 is 4.79 Å². The first-order chi connectivity index (χ1) is 8.65. The first kappa shape index (κ1) is 17.0. The Labute approximate surface area is 132 Å². The monoisotopic (exact) mass is 366 g/mol. The standard InChI is InChI=1S/C13H19BrN2OS.ClH/c14-12-5-4-11(18-12)6-7-16-13(17)9-2-1-3-10(15)8-9;/h4-5,9-10H,1-3,6-8,15H2,(H,16,17);1H. The van der Waals surface area contributed by atoms with Crippen molar-refractivity contribution in [2.24, 2.45) is 11.7 Å². The third kappa shape index (κ3) is 5.42. The molecule has 0 aliphatic heterocycles. The lowest BCUT2D eigenvalue weighted by atomic mass is 9.85. The van der Waals surface area contributed by atoms with Gasteiger partial charge in [0.05, 0.1) is 3.79 Å². The van der Waals surface area contributed by atoms with Gasteiger partial charge < -0.3 is 11.1 Å². The average molecular weight is 368 g/mol. The Balaban J connectivity index is 0.00000180. The first-order valence-electron chi connectivity index (χ1n) is 6.42. The molecule has 6 heteroatoms. The van der Waals surface area contributed by atoms with E-state index in [9.17, 15) is 4.79 Å². The maximum atomic E-state index is 12.0. The van der Waals surface area contributed by atoms with E-state index < -0.39 is 0 Å². The second kappa shape index (κ2) is 8.25. The highest BCUT2D eigenvalue weighted by molar-refractivity contribution is 9.11. The molecular weight excluding hydrogens is 348 g/mol. The minimum atomic E-state index is 0. The van der Waals surface area contributed by atoms with Crippen molar-refractivity contribution in [2.75, 3.05) is 6.54 Å². The lowest BCUT2D eigenvalue weighted by Crippen LogP contribution is -2.38. The van der Waals surface area contributed by atoms with Gasteiger partial charge in [-0.15, -0.1) is 23.7 Å². The molecule has 1 aromatic heterocycles. The molecule has 1 aliphatic carbocycles. The molecule has 19 heavy (non-hydrogen) atoms. The van der Waals surface area contributed by atoms with Crippen LogP contribution in [0.15, 0.2) is 15.9 Å². The quantitative estimate of drug-likeness (QED) is 0.859. The van der Waals surface area contributed by atoms with Gasteiger partial charge in [0.1, 0.15) is 0 Å². The van der Waals surface area contributed by atoms with Crippen LogP contribution in [0.5, 0.6) is 0 Å². The summed E-state index contributed by atoms with van der Waals surface area (Å²) in [6, 6.07) is 4.35. The summed E-state index contributed by atoms with van der Waals surface area (Å²) in [5, 5.41) is 3.03. The minimum Gasteiger partial charge on any atom is -0.356 e. The Bertz CT molecular complexity index is 413. The van der Waals surface area contributed by atoms with Crippen LogP contribution in [0.4, 0.5) is 0 Å². The van der Waals surface area contributed by atoms with Crippen molar-refractivity contribution in [3.8, 4) is 0 Å². The molecule has 1 fully saturated rings. The van der Waals surface area contributed by atoms with Crippen molar-refractivity contribution in [3.63, 3.8) is 0 Å². The molecule has 3 nitrogen and oxygen atoms in total. The highest BCUT2D eigenvalue weighted by atomic mass is 79.9. The summed E-state index contributed by atoms with van der Waals surface area (Å²) in [6.45, 7) is 0.720. The molecule has 0 spiro atoms. The zero-order valence-corrected chi connectivity index (χ0v) is 14.0. The van der Waals surface area contributed by atoms with Crippen LogP contribution >= 0.6 is 39.7 Å². The van der Waals surface area contributed by atoms with E-state index in [1.54, 1.807) is 11.3 Å². The molecule has 2 rings (SSSR count). The molecule has 3 N–H and O–H groups in total. The van der Waals surface area contributed by atoms with Gasteiger partial charge >= 0.3 is 0 Å². The normalized spacial score (nSPS) is 22.6. The number of nitrogens with two attached hydrogens (primary N) is 1. The maximum Gasteiger partial charge on any atom is 0.223 e. The highest BCUT2D eigenvalue weighted by Crippen LogP contribution is 2.24. The summed E-state index contributed by atoms with van der Waals surface area (Å²) in [5.41, 5.74) is 5.90. The topological polar surface area (TPSA) is 55.1 Å². The molecule has 1 amide bonds. The summed E-state index contributed by atoms with van der Waals surface area (Å²) in [6.07, 6.45) is 4.88. The fraction of sp³-hybridized carbons (Fsp3) is 0.615. The molecule has 2 atom stereocenters. The van der Waals surface area contributed by atoms with Crippen molar-refractivity contribution in [1.29, 1.82) is 0 Å². The van der Waals surface area contributed by atoms with Crippen LogP contribution in [0.1, 0.15) is 30.6 Å². The van der Waals surface area contributed by atoms with E-state index in [-0.39, 0.29) is 30.3 Å². The maximum absolute atomic E-state index is 12.0. The van der Waals surface area contributed by atoms with Crippen molar-refractivity contribution >= 4 is 45.6 Å². The Morgan fingerprint density at radius 2 is 2.26 bits per heavy atom. The van der Waals surface area contributed by atoms with E-state index in [0.29, 0.717) is 0 Å². The number of thiophene rings is 1. The van der Waals surface area contributed by atoms with E-state index in [4.69, 9.17) is 5.73 Å². The van der Waals surface area contributed by atoms with Gasteiger partial charge in [0.25, 0.3) is 0 Å². The Morgan fingerprint density at radius 3 is 2.89 bits per heavy atom. The second-order valence-corrected chi connectivity index (χ2v) is 7.42. The number of amides is 1. The largest absolute Gasteiger partial charge is 0.356 e. The smallest absolute Gasteiger partial charge is 0.223 e. The third-order valence-corrected chi connectivity index (χ3v) is 5.07. The van der Waals surface area contributed by atoms with Crippen LogP contribution in [0, 0.1) is 5.92 Å². The van der Waals surface area contributed by atoms with Crippen LogP contribution in [0.3, 0.4) is 0 Å². The molecular formula is C13H20BrClN2OS. The average Bonchev–Trinajstić information content (AvgIpc) is 2.75. The molecule has 108 valence electrons. The number of halogens is 2. The summed E-state index contributed by atoms with van der Waals surface area (Å²) in [5.74, 6) is 0.310. The Morgan fingerprint density at radius 1 is 1.47 bits per heavy atom. The molecule has 1 saturated carbocycles. The van der Waals surface area contributed by atoms with Crippen molar-refractivity contribution in [1.82, 2.24) is 5.32 Å². The van der Waals surface area contributed by atoms with E-state index >= 15 is 0 Å². The summed E-state index contributed by atoms with van der Waals surface area (Å²) in [7, 11) is 0. The van der Waals surface area contributed by atoms with Gasteiger partial charge in [-0.05, 0) is 53.7 Å². The number of hydrogen-bond acceptors (Lipinski definition) is 3. The predicted octanol–water partition coefficient (Wildman–Crippen LogP) is 3.11. The number of rotatable bonds is 4. The third-order valence-electron chi connectivity index (χ3n) is 3.39. The summed E-state index contributed by atoms with van der Waals surface area (Å²) in [4.78, 5) is 13.3. The minimum absolute atomic E-state index is 0. The molecule has 0 radical (unpaired) electrons. The Hall–Kier alpha value is -0.100. The lowest BCUT2D eigenvalue weighted by Gasteiger charge is -2.25. The van der Waals surface area contributed by atoms with E-state index in [1.165, 1.54) is 4.88 Å². The molecule has 1 heterocycles. The van der Waals surface area contributed by atoms with Crippen LogP contribution in [-0.2, 0) is 11.2 Å². The SMILES string of the molecule is Cl.NC1CCCC(C(=O)NCCc2ccc(Br)s2)C1. The molecule has 1 aromatic rings. The Kier molecular flexibility index (Phi) is 7.36. The molecule has 0 aromatic carbocycles. The van der Waals surface area contributed by atoms with E-state index in [1.807, 2.05) is 6.07 Å². The van der Waals surface area contributed by atoms with Crippen molar-refractivity contribution in [2.45, 2.75) is 38.1 Å². The van der Waals surface area contributed by atoms with Crippen LogP contribution in [0.25, 0.3) is 0 Å². The first-order valence-corrected chi connectivity index (χ1v) is 8.03. The molecule has 2 unspecified atom stereocenters. The van der Waals surface area contributed by atoms with Gasteiger partial charge in [-0.3, -0.25) is 4.79 Å². The fourth-order valence-corrected chi connectivity index (χ4v) is 3.89. The fourth-order valence-electron chi connectivity index (χ4n) is 2.41. The van der Waals surface area contributed by atoms with Crippen LogP contribution < -0.4 is 11.1 Å². The zero-order chi connectivity index (χ0) is 13.0. The van der Waals surface area contributed by atoms with E-state index in [2.05, 4.69) is 27.3 Å². The van der Waals surface area contributed by atoms with Crippen LogP contribution in [0.2, 0.25) is 0 Å². The highest BCUT2D eigenvalue weighted by Gasteiger charge is 2.24. The van der Waals surface area contributed by atoms with Gasteiger partial charge in [0, 0.05) is 23.4 Å². The van der Waals surface area contributed by atoms with E-state index in [0.717, 1.165) is 42.4 Å². The number of carbonyl (C=O) groups is 1. The van der Waals surface area contributed by atoms with Gasteiger partial charge in [0.15, 0.2) is 0 Å². The van der Waals surface area contributed by atoms with Gasteiger partial charge in [-0.2, -0.15) is 0 Å². The second-order valence-electron chi connectivity index (χ2n) is 4.87. The number of carbonyl (C=O) groups excluding carboxylic acids is 1. The predicted molar refractivity (Wildman–Crippen MR) is 85.9 cm³/mol. The van der Waals surface area contributed by atoms with Gasteiger partial charge in [0.2, 0.25) is 5.91 Å². The number of hydrogen-bond donors (Lipinski definition) is 2. The molecule has 0 bridgehead atoms. The summed E-state index contributed by atoms with van der Waals surface area (Å²) >= 11 is 5.16. The van der Waals surface area contributed by atoms with Crippen LogP contribution in [-0.4, -0.2) is 18.5 Å². The molecule has 1 aliphatic rings. The van der Waals surface area contributed by atoms with Gasteiger partial charge in [-0.25, -0.2) is 0 Å². The number of nitrogens with one attached hydrogen (secondary N) is 1. The lowest BCUT2D eigenvalue weighted by molar-refractivity contribution is -0.126. The van der Waals surface area contributed by atoms with Gasteiger partial charge in [-0.1, -0.05) is 6.42 Å².